The summed E-state index contributed by atoms with van der Waals surface area (Å²) >= 11 is 0. The van der Waals surface area contributed by atoms with E-state index >= 15 is 0 Å². The SMILES string of the molecule is NC(=O)[C@@H](CCCCNC(=O)CNC(=O)CCC(=O)NCCc1cnc[nH]1)NC(=O)[C@@H](CCC(=O)O)NC(=O)[C@@H](CCCCNC(=O)CNC(=O)CCC(=O)NCCc1cnc[nH]1)NC(=O)[C@@H](Cc1ccc(O)cc1)NC(=O)CN1CCN(CC(=O)[O-])CCN(CC(=O)[O-])CCN(CC(=O)[O-])CC1.[99Y+3]. The van der Waals surface area contributed by atoms with Crippen LogP contribution in [0.5, 0.6) is 5.75 Å². The first-order valence-corrected chi connectivity index (χ1v) is 33.7. The maximum Gasteiger partial charge on any atom is 3.00 e. The molecule has 2 aromatic heterocycles. The third kappa shape index (κ3) is 39.7. The third-order valence-electron chi connectivity index (χ3n) is 16.0. The van der Waals surface area contributed by atoms with Gasteiger partial charge in [0.05, 0.1) is 50.2 Å². The molecule has 568 valence electrons. The second-order valence-corrected chi connectivity index (χ2v) is 24.3. The van der Waals surface area contributed by atoms with Crippen LogP contribution in [-0.2, 0) is 124 Å². The molecule has 11 amide bonds. The number of aliphatic carboxylic acids is 4. The number of carboxylic acids is 4. The first-order valence-electron chi connectivity index (χ1n) is 33.7. The number of nitrogens with two attached hydrogens (primary N) is 1. The number of carbonyl (C=O) groups is 15. The topological polar surface area (TPSA) is 582 Å². The summed E-state index contributed by atoms with van der Waals surface area (Å²) < 4.78 is 0. The molecule has 0 bridgehead atoms. The van der Waals surface area contributed by atoms with E-state index in [0.717, 1.165) is 11.4 Å². The largest absolute Gasteiger partial charge is 3.00 e. The number of aromatic hydroxyl groups is 1. The summed E-state index contributed by atoms with van der Waals surface area (Å²) in [6.45, 7) is -2.42. The van der Waals surface area contributed by atoms with Gasteiger partial charge in [0, 0.05) is 173 Å². The molecule has 0 unspecified atom stereocenters. The fourth-order valence-corrected chi connectivity index (χ4v) is 10.4. The van der Waals surface area contributed by atoms with Gasteiger partial charge in [-0.2, -0.15) is 0 Å². The number of unbranched alkanes of at least 4 members (excludes halogenated alkanes) is 2. The standard InChI is InChI=1S/C64H97N19O20.Y/c65-61(100)46(5-1-3-19-68-54(89)34-72-52(87)14-12-50(85)70-21-17-43-32-66-40-74-43)77-63(102)48(11-16-57(92)93)79-62(101)47(6-2-4-20-69-55(90)35-73-53(88)15-13-51(86)71-22-18-44-33-67-41-75-44)78-64(103)49(31-42-7-9-45(84)10-8-42)76-56(91)36-80-23-25-81(37-58(94)95)27-29-83(39-60(98)99)30-28-82(26-24-80)38-59(96)97;/h7-10,32-33,40-41,46-49,84H,1-6,11-31,34-39H2,(H2,65,100)(H,66,74)(H,67,75)(H,68,89)(H,69,90)(H,70,85)(H,71,86)(H,72,87)(H,73,88)(H,76,91)(H,77,102)(H,78,103)(H,79,101)(H,92,93)(H,94,95)(H,96,97)(H,98,99);/q;+3/p-3/t46-,47-,48-,49-;/m1./s1/i;1+10. The molecule has 4 rings (SSSR count). The Bertz CT molecular complexity index is 3230. The summed E-state index contributed by atoms with van der Waals surface area (Å²) in [7, 11) is 0. The van der Waals surface area contributed by atoms with E-state index in [-0.39, 0.29) is 186 Å². The molecule has 0 spiro atoms. The van der Waals surface area contributed by atoms with Gasteiger partial charge in [0.15, 0.2) is 0 Å². The van der Waals surface area contributed by atoms with Crippen molar-refractivity contribution < 1.29 is 130 Å². The molecule has 39 nitrogen and oxygen atoms in total. The van der Waals surface area contributed by atoms with Gasteiger partial charge in [-0.05, 0) is 62.6 Å². The Balaban J connectivity index is 0.0000281. The van der Waals surface area contributed by atoms with Crippen LogP contribution in [0.3, 0.4) is 0 Å². The molecule has 1 aromatic carbocycles. The molecule has 0 saturated carbocycles. The van der Waals surface area contributed by atoms with E-state index in [1.165, 1.54) is 51.6 Å². The monoisotopic (exact) mass is 1550 g/mol. The number of aromatic nitrogens is 4. The minimum atomic E-state index is -1.70. The van der Waals surface area contributed by atoms with Crippen LogP contribution in [0, 0.1) is 0 Å². The van der Waals surface area contributed by atoms with Crippen molar-refractivity contribution in [3.05, 3.63) is 66.3 Å². The summed E-state index contributed by atoms with van der Waals surface area (Å²) in [6, 6.07) is -0.705. The molecule has 16 N–H and O–H groups in total. The molecule has 0 radical (unpaired) electrons. The molecule has 1 aliphatic heterocycles. The van der Waals surface area contributed by atoms with Crippen molar-refractivity contribution in [2.45, 2.75) is 120 Å². The number of rotatable bonds is 47. The van der Waals surface area contributed by atoms with E-state index < -0.39 is 153 Å². The second-order valence-electron chi connectivity index (χ2n) is 24.3. The molecule has 104 heavy (non-hydrogen) atoms. The summed E-state index contributed by atoms with van der Waals surface area (Å²) in [6.07, 6.45) is 5.26. The van der Waals surface area contributed by atoms with Gasteiger partial charge in [0.1, 0.15) is 29.9 Å². The van der Waals surface area contributed by atoms with Crippen LogP contribution in [0.25, 0.3) is 0 Å². The number of nitrogens with one attached hydrogen (secondary N) is 12. The number of phenolic OH excluding ortho intramolecular Hbond substituents is 1. The molecule has 3 aromatic rings. The van der Waals surface area contributed by atoms with Gasteiger partial charge in [0.25, 0.3) is 0 Å². The average Bonchev–Trinajstić information content (AvgIpc) is 0.973. The number of carboxylic acid groups (broad SMARTS) is 4. The minimum Gasteiger partial charge on any atom is -0.549 e. The Hall–Kier alpha value is -9.57. The van der Waals surface area contributed by atoms with E-state index in [1.807, 2.05) is 0 Å². The first-order chi connectivity index (χ1) is 49.2. The molecule has 4 atom stereocenters. The minimum absolute atomic E-state index is 0. The normalized spacial score (nSPS) is 14.3. The summed E-state index contributed by atoms with van der Waals surface area (Å²) in [5.74, 6) is -13.8. The van der Waals surface area contributed by atoms with Crippen molar-refractivity contribution in [3.8, 4) is 5.75 Å². The maximum atomic E-state index is 14.7. The number of primary amides is 1. The van der Waals surface area contributed by atoms with Crippen LogP contribution in [0.15, 0.2) is 49.3 Å². The van der Waals surface area contributed by atoms with Crippen molar-refractivity contribution in [1.82, 2.24) is 92.7 Å². The smallest absolute Gasteiger partial charge is 0.549 e. The molecular formula is C64H94N19O20Y. The first kappa shape index (κ1) is 88.6. The van der Waals surface area contributed by atoms with Crippen molar-refractivity contribution in [2.75, 3.05) is 118 Å². The maximum absolute atomic E-state index is 14.7. The fourth-order valence-electron chi connectivity index (χ4n) is 10.4. The van der Waals surface area contributed by atoms with Gasteiger partial charge >= 0.3 is 38.7 Å². The van der Waals surface area contributed by atoms with Gasteiger partial charge in [-0.25, -0.2) is 9.97 Å². The molecule has 1 saturated heterocycles. The van der Waals surface area contributed by atoms with Crippen molar-refractivity contribution in [3.63, 3.8) is 0 Å². The Morgan fingerprint density at radius 1 is 0.442 bits per heavy atom. The average molecular weight is 1550 g/mol. The van der Waals surface area contributed by atoms with Crippen LogP contribution in [0.1, 0.15) is 94.0 Å². The number of nitrogens with zero attached hydrogens (tertiary/aromatic N) is 6. The van der Waals surface area contributed by atoms with Crippen LogP contribution in [-0.4, -0.2) is 281 Å². The number of hydrogen-bond donors (Lipinski definition) is 15. The molecule has 1 aliphatic rings. The second kappa shape index (κ2) is 49.9. The van der Waals surface area contributed by atoms with Gasteiger partial charge in [-0.1, -0.05) is 12.1 Å². The summed E-state index contributed by atoms with van der Waals surface area (Å²) in [5.41, 5.74) is 7.69. The van der Waals surface area contributed by atoms with Gasteiger partial charge in [-0.15, -0.1) is 0 Å². The number of imidazole rings is 2. The number of H-pyrrole nitrogens is 2. The number of amides is 11. The van der Waals surface area contributed by atoms with Crippen LogP contribution in [0.2, 0.25) is 0 Å². The molecule has 0 aliphatic carbocycles. The number of hydrogen-bond acceptors (Lipinski definition) is 25. The Morgan fingerprint density at radius 2 is 0.808 bits per heavy atom. The molecule has 1 fully saturated rings. The molecular weight excluding hydrogens is 1450 g/mol. The predicted molar refractivity (Wildman–Crippen MR) is 355 cm³/mol. The van der Waals surface area contributed by atoms with Crippen LogP contribution >= 0.6 is 0 Å². The van der Waals surface area contributed by atoms with Crippen LogP contribution < -0.4 is 74.2 Å². The summed E-state index contributed by atoms with van der Waals surface area (Å²) in [4.78, 5) is 212. The van der Waals surface area contributed by atoms with Crippen molar-refractivity contribution in [1.29, 1.82) is 0 Å². The Morgan fingerprint density at radius 3 is 1.19 bits per heavy atom. The van der Waals surface area contributed by atoms with Gasteiger partial charge < -0.3 is 109 Å². The quantitative estimate of drug-likeness (QED) is 0.0234. The number of aromatic amines is 2. The number of benzene rings is 1. The van der Waals surface area contributed by atoms with Crippen LogP contribution in [0.4, 0.5) is 0 Å². The van der Waals surface area contributed by atoms with E-state index in [9.17, 15) is 97.5 Å². The van der Waals surface area contributed by atoms with E-state index in [0.29, 0.717) is 31.5 Å². The summed E-state index contributed by atoms with van der Waals surface area (Å²) in [5, 5.41) is 80.7. The van der Waals surface area contributed by atoms with Gasteiger partial charge in [0.2, 0.25) is 65.0 Å². The Kier molecular flexibility index (Phi) is 42.6. The van der Waals surface area contributed by atoms with E-state index in [2.05, 4.69) is 73.1 Å². The van der Waals surface area contributed by atoms with Crippen molar-refractivity contribution >= 4 is 88.9 Å². The van der Waals surface area contributed by atoms with Gasteiger partial charge in [-0.3, -0.25) is 77.1 Å². The third-order valence-corrected chi connectivity index (χ3v) is 16.0. The molecule has 3 heterocycles. The van der Waals surface area contributed by atoms with E-state index in [1.54, 1.807) is 17.3 Å². The zero-order valence-corrected chi connectivity index (χ0v) is 60.7. The Labute approximate surface area is 624 Å². The predicted octanol–water partition coefficient (Wildman–Crippen LogP) is -9.78. The molecule has 40 heteroatoms. The van der Waals surface area contributed by atoms with E-state index in [4.69, 9.17) is 5.73 Å². The number of phenols is 1. The zero-order chi connectivity index (χ0) is 75.5. The fraction of sp³-hybridized carbons (Fsp3) is 0.578. The van der Waals surface area contributed by atoms with Crippen molar-refractivity contribution in [2.24, 2.45) is 5.73 Å². The zero-order valence-electron chi connectivity index (χ0n) is 57.8. The number of carbonyl (C=O) groups excluding carboxylic acids is 14.